The lowest BCUT2D eigenvalue weighted by Gasteiger charge is -2.37. The molecule has 2 rings (SSSR count). The summed E-state index contributed by atoms with van der Waals surface area (Å²) in [6.45, 7) is 5.09. The number of rotatable bonds is 1. The van der Waals surface area contributed by atoms with E-state index < -0.39 is 0 Å². The van der Waals surface area contributed by atoms with Gasteiger partial charge in [-0.25, -0.2) is 3.11 Å². The predicted octanol–water partition coefficient (Wildman–Crippen LogP) is 1.28. The predicted molar refractivity (Wildman–Crippen MR) is 59.5 cm³/mol. The highest BCUT2D eigenvalue weighted by Crippen LogP contribution is 2.32. The minimum absolute atomic E-state index is 0.378. The van der Waals surface area contributed by atoms with Gasteiger partial charge < -0.3 is 4.90 Å². The van der Waals surface area contributed by atoms with E-state index in [1.165, 1.54) is 0 Å². The van der Waals surface area contributed by atoms with Crippen LogP contribution in [0.25, 0.3) is 0 Å². The summed E-state index contributed by atoms with van der Waals surface area (Å²) in [4.78, 5) is 13.8. The van der Waals surface area contributed by atoms with E-state index in [1.807, 2.05) is 0 Å². The molecule has 0 spiro atoms. The molecule has 4 heteroatoms. The highest BCUT2D eigenvalue weighted by atomic mass is 127. The summed E-state index contributed by atoms with van der Waals surface area (Å²) in [5.41, 5.74) is 0. The third kappa shape index (κ3) is 2.15. The molecule has 1 aliphatic carbocycles. The normalized spacial score (nSPS) is 30.6. The Bertz CT molecular complexity index is 218. The summed E-state index contributed by atoms with van der Waals surface area (Å²) in [5, 5.41) is 0. The maximum absolute atomic E-state index is 11.8. The number of nitrogens with zero attached hydrogens (tertiary/aromatic N) is 2. The molecule has 0 radical (unpaired) electrons. The molecule has 2 fully saturated rings. The van der Waals surface area contributed by atoms with E-state index in [1.54, 1.807) is 0 Å². The second kappa shape index (κ2) is 3.73. The number of piperazine rings is 1. The van der Waals surface area contributed by atoms with E-state index >= 15 is 0 Å². The van der Waals surface area contributed by atoms with E-state index in [4.69, 9.17) is 0 Å². The molecule has 1 aliphatic heterocycles. The molecule has 1 saturated carbocycles. The minimum atomic E-state index is 0.378. The van der Waals surface area contributed by atoms with E-state index in [0.717, 1.165) is 32.5 Å². The van der Waals surface area contributed by atoms with E-state index in [2.05, 4.69) is 37.8 Å². The smallest absolute Gasteiger partial charge is 0.226 e. The van der Waals surface area contributed by atoms with Gasteiger partial charge in [0.25, 0.3) is 0 Å². The van der Waals surface area contributed by atoms with Crippen molar-refractivity contribution in [2.45, 2.75) is 25.8 Å². The van der Waals surface area contributed by atoms with Gasteiger partial charge in [-0.05, 0) is 19.8 Å². The molecular weight excluding hydrogens is 279 g/mol. The monoisotopic (exact) mass is 294 g/mol. The average molecular weight is 294 g/mol. The fraction of sp³-hybridized carbons (Fsp3) is 0.889. The van der Waals surface area contributed by atoms with Crippen molar-refractivity contribution in [1.29, 1.82) is 0 Å². The Hall–Kier alpha value is 0.160. The van der Waals surface area contributed by atoms with Crippen molar-refractivity contribution in [3.8, 4) is 0 Å². The highest BCUT2D eigenvalue weighted by Gasteiger charge is 2.36. The van der Waals surface area contributed by atoms with Gasteiger partial charge in [0, 0.05) is 54.5 Å². The van der Waals surface area contributed by atoms with E-state index in [-0.39, 0.29) is 0 Å². The van der Waals surface area contributed by atoms with Crippen molar-refractivity contribution in [2.24, 2.45) is 5.92 Å². The van der Waals surface area contributed by atoms with Crippen molar-refractivity contribution in [2.75, 3.05) is 19.6 Å². The lowest BCUT2D eigenvalue weighted by Crippen LogP contribution is -2.51. The van der Waals surface area contributed by atoms with Crippen LogP contribution in [0.2, 0.25) is 0 Å². The Morgan fingerprint density at radius 1 is 1.38 bits per heavy atom. The topological polar surface area (TPSA) is 23.6 Å². The first kappa shape index (κ1) is 9.71. The third-order valence-corrected chi connectivity index (χ3v) is 3.66. The fourth-order valence-electron chi connectivity index (χ4n) is 1.81. The molecule has 0 aromatic carbocycles. The van der Waals surface area contributed by atoms with Gasteiger partial charge in [-0.2, -0.15) is 0 Å². The van der Waals surface area contributed by atoms with Crippen molar-refractivity contribution in [3.05, 3.63) is 0 Å². The SMILES string of the molecule is CC1CN(I)CCN1C(=O)C1CC1. The molecule has 0 aromatic rings. The van der Waals surface area contributed by atoms with Crippen LogP contribution < -0.4 is 0 Å². The number of hydrogen-bond acceptors (Lipinski definition) is 2. The molecule has 74 valence electrons. The Balaban J connectivity index is 1.94. The van der Waals surface area contributed by atoms with Gasteiger partial charge >= 0.3 is 0 Å². The van der Waals surface area contributed by atoms with Crippen LogP contribution in [0, 0.1) is 5.92 Å². The first-order valence-corrected chi connectivity index (χ1v) is 5.86. The van der Waals surface area contributed by atoms with Gasteiger partial charge in [-0.15, -0.1) is 0 Å². The number of halogens is 1. The van der Waals surface area contributed by atoms with Crippen LogP contribution in [0.5, 0.6) is 0 Å². The van der Waals surface area contributed by atoms with Crippen molar-refractivity contribution >= 4 is 28.8 Å². The van der Waals surface area contributed by atoms with E-state index in [0.29, 0.717) is 17.9 Å². The van der Waals surface area contributed by atoms with Crippen molar-refractivity contribution < 1.29 is 4.79 Å². The Kier molecular flexibility index (Phi) is 2.78. The standard InChI is InChI=1S/C9H15IN2O/c1-7-6-11(10)4-5-12(7)9(13)8-2-3-8/h7-8H,2-6H2,1H3. The first-order valence-electron chi connectivity index (χ1n) is 4.89. The number of carbonyl (C=O) groups excluding carboxylic acids is 1. The van der Waals surface area contributed by atoms with Crippen LogP contribution in [0.15, 0.2) is 0 Å². The average Bonchev–Trinajstić information content (AvgIpc) is 2.85. The van der Waals surface area contributed by atoms with Crippen LogP contribution in [-0.2, 0) is 4.79 Å². The van der Waals surface area contributed by atoms with Crippen LogP contribution in [0.1, 0.15) is 19.8 Å². The molecule has 0 N–H and O–H groups in total. The van der Waals surface area contributed by atoms with Crippen molar-refractivity contribution in [1.82, 2.24) is 8.01 Å². The molecule has 13 heavy (non-hydrogen) atoms. The van der Waals surface area contributed by atoms with Gasteiger partial charge in [0.2, 0.25) is 5.91 Å². The molecule has 1 unspecified atom stereocenters. The molecule has 0 bridgehead atoms. The number of amides is 1. The lowest BCUT2D eigenvalue weighted by atomic mass is 10.2. The zero-order chi connectivity index (χ0) is 9.42. The van der Waals surface area contributed by atoms with Gasteiger partial charge in [-0.1, -0.05) is 0 Å². The molecule has 1 amide bonds. The lowest BCUT2D eigenvalue weighted by molar-refractivity contribution is -0.135. The van der Waals surface area contributed by atoms with Gasteiger partial charge in [0.1, 0.15) is 0 Å². The molecule has 1 heterocycles. The zero-order valence-corrected chi connectivity index (χ0v) is 10.0. The number of carbonyl (C=O) groups is 1. The summed E-state index contributed by atoms with van der Waals surface area (Å²) in [6, 6.07) is 0.402. The number of hydrogen-bond donors (Lipinski definition) is 0. The summed E-state index contributed by atoms with van der Waals surface area (Å²) < 4.78 is 2.26. The molecular formula is C9H15IN2O. The zero-order valence-electron chi connectivity index (χ0n) is 7.87. The van der Waals surface area contributed by atoms with Gasteiger partial charge in [0.05, 0.1) is 0 Å². The Morgan fingerprint density at radius 2 is 2.08 bits per heavy atom. The summed E-state index contributed by atoms with van der Waals surface area (Å²) in [5.74, 6) is 0.778. The molecule has 3 nitrogen and oxygen atoms in total. The molecule has 2 aliphatic rings. The Morgan fingerprint density at radius 3 is 2.62 bits per heavy atom. The van der Waals surface area contributed by atoms with Crippen LogP contribution in [-0.4, -0.2) is 39.6 Å². The van der Waals surface area contributed by atoms with Crippen LogP contribution in [0.4, 0.5) is 0 Å². The summed E-state index contributed by atoms with van der Waals surface area (Å²) in [6.07, 6.45) is 2.24. The summed E-state index contributed by atoms with van der Waals surface area (Å²) in [7, 11) is 0. The van der Waals surface area contributed by atoms with Crippen molar-refractivity contribution in [3.63, 3.8) is 0 Å². The molecule has 1 atom stereocenters. The Labute approximate surface area is 92.9 Å². The highest BCUT2D eigenvalue weighted by molar-refractivity contribution is 14.1. The van der Waals surface area contributed by atoms with Gasteiger partial charge in [-0.3, -0.25) is 4.79 Å². The maximum Gasteiger partial charge on any atom is 0.226 e. The van der Waals surface area contributed by atoms with Crippen LogP contribution in [0.3, 0.4) is 0 Å². The minimum Gasteiger partial charge on any atom is -0.337 e. The second-order valence-electron chi connectivity index (χ2n) is 4.02. The largest absolute Gasteiger partial charge is 0.337 e. The van der Waals surface area contributed by atoms with E-state index in [9.17, 15) is 4.79 Å². The summed E-state index contributed by atoms with van der Waals surface area (Å²) >= 11 is 2.33. The maximum atomic E-state index is 11.8. The van der Waals surface area contributed by atoms with Gasteiger partial charge in [0.15, 0.2) is 0 Å². The second-order valence-corrected chi connectivity index (χ2v) is 5.39. The molecule has 0 aromatic heterocycles. The first-order chi connectivity index (χ1) is 6.18. The van der Waals surface area contributed by atoms with Crippen LogP contribution >= 0.6 is 22.9 Å². The third-order valence-electron chi connectivity index (χ3n) is 2.79. The quantitative estimate of drug-likeness (QED) is 0.537. The fourth-order valence-corrected chi connectivity index (χ4v) is 2.59. The molecule has 1 saturated heterocycles.